The minimum atomic E-state index is -0.688. The molecular formula is C49H53N5O6. The monoisotopic (exact) mass is 807 g/mol. The molecule has 6 aliphatic rings. The van der Waals surface area contributed by atoms with Gasteiger partial charge in [-0.25, -0.2) is 0 Å². The molecule has 3 fully saturated rings. The molecule has 11 nitrogen and oxygen atoms in total. The fraction of sp³-hybridized carbons (Fsp3) is 0.429. The minimum absolute atomic E-state index is 0.0871. The highest BCUT2D eigenvalue weighted by Gasteiger charge is 2.43. The second-order valence-electron chi connectivity index (χ2n) is 18.0. The molecule has 4 aromatic rings. The van der Waals surface area contributed by atoms with E-state index in [-0.39, 0.29) is 36.6 Å². The molecule has 10 rings (SSSR count). The van der Waals surface area contributed by atoms with Crippen LogP contribution in [0.25, 0.3) is 0 Å². The van der Waals surface area contributed by atoms with Crippen LogP contribution in [0.15, 0.2) is 78.9 Å². The summed E-state index contributed by atoms with van der Waals surface area (Å²) < 4.78 is 5.88. The quantitative estimate of drug-likeness (QED) is 0.211. The number of methoxy groups -OCH3 is 1. The SMILES string of the molecule is COc1c2c(cc3c1CN(C1CCC(=O)NC1=O)C3=O)CN(C(=O)CN1CCC3(CC1)CCN(c1ccc([C@@H]4c5ccc(O)cc5CC[C@@H]4c4ccccc4)cc1)CC3)C2. The largest absolute Gasteiger partial charge is 0.508 e. The maximum absolute atomic E-state index is 13.8. The standard InChI is InChI=1S/C49H53N5O6/c1-60-46-40-28-53(27-34(40)26-39-41(46)29-54(48(39)59)42-15-16-43(56)50-47(42)58)44(57)30-51-21-17-49(18-22-51)19-23-52(24-20-49)35-10-7-32(8-11-35)45-37(31-5-3-2-4-6-31)13-9-33-25-36(55)12-14-38(33)45/h2-8,10-12,14,25-26,37,42,45,55H,9,13,15-24,27-30H2,1H3,(H,50,56,58)/t37-,42?,45+/m1/s1. The van der Waals surface area contributed by atoms with Crippen molar-refractivity contribution >= 4 is 29.3 Å². The molecule has 4 aromatic carbocycles. The minimum Gasteiger partial charge on any atom is -0.508 e. The molecule has 4 amide bonds. The normalized spacial score (nSPS) is 23.6. The van der Waals surface area contributed by atoms with Crippen molar-refractivity contribution in [3.8, 4) is 11.5 Å². The number of hydrogen-bond acceptors (Lipinski definition) is 8. The number of benzene rings is 4. The highest BCUT2D eigenvalue weighted by molar-refractivity contribution is 6.06. The summed E-state index contributed by atoms with van der Waals surface area (Å²) in [7, 11) is 1.59. The lowest BCUT2D eigenvalue weighted by Crippen LogP contribution is -2.52. The number of imide groups is 1. The third-order valence-corrected chi connectivity index (χ3v) is 14.8. The molecule has 5 aliphatic heterocycles. The molecule has 1 spiro atoms. The van der Waals surface area contributed by atoms with E-state index in [9.17, 15) is 24.3 Å². The van der Waals surface area contributed by atoms with Crippen molar-refractivity contribution < 1.29 is 29.0 Å². The highest BCUT2D eigenvalue weighted by Crippen LogP contribution is 2.48. The van der Waals surface area contributed by atoms with E-state index >= 15 is 0 Å². The zero-order valence-corrected chi connectivity index (χ0v) is 34.3. The molecule has 2 N–H and O–H groups in total. The summed E-state index contributed by atoms with van der Waals surface area (Å²) in [6.07, 6.45) is 7.02. The van der Waals surface area contributed by atoms with Gasteiger partial charge in [-0.2, -0.15) is 0 Å². The Bertz CT molecular complexity index is 2350. The maximum atomic E-state index is 13.8. The van der Waals surface area contributed by atoms with Crippen LogP contribution >= 0.6 is 0 Å². The van der Waals surface area contributed by atoms with Gasteiger partial charge in [0.2, 0.25) is 17.7 Å². The van der Waals surface area contributed by atoms with Gasteiger partial charge in [-0.05, 0) is 128 Å². The first-order valence-electron chi connectivity index (χ1n) is 21.7. The molecule has 11 heteroatoms. The predicted molar refractivity (Wildman–Crippen MR) is 227 cm³/mol. The number of fused-ring (bicyclic) bond motifs is 3. The summed E-state index contributed by atoms with van der Waals surface area (Å²) in [6, 6.07) is 27.3. The highest BCUT2D eigenvalue weighted by atomic mass is 16.5. The van der Waals surface area contributed by atoms with Gasteiger partial charge in [-0.1, -0.05) is 48.5 Å². The van der Waals surface area contributed by atoms with E-state index in [1.165, 1.54) is 27.9 Å². The summed E-state index contributed by atoms with van der Waals surface area (Å²) in [5.41, 5.74) is 9.95. The van der Waals surface area contributed by atoms with E-state index in [0.717, 1.165) is 81.4 Å². The number of carbonyl (C=O) groups excluding carboxylic acids is 4. The van der Waals surface area contributed by atoms with Crippen LogP contribution in [0.2, 0.25) is 0 Å². The number of piperidine rings is 3. The molecular weight excluding hydrogens is 755 g/mol. The van der Waals surface area contributed by atoms with E-state index < -0.39 is 11.9 Å². The van der Waals surface area contributed by atoms with Crippen LogP contribution in [0, 0.1) is 5.41 Å². The van der Waals surface area contributed by atoms with Gasteiger partial charge in [0.1, 0.15) is 17.5 Å². The number of nitrogens with zero attached hydrogens (tertiary/aromatic N) is 4. The molecule has 3 atom stereocenters. The van der Waals surface area contributed by atoms with Crippen molar-refractivity contribution in [2.24, 2.45) is 5.41 Å². The zero-order valence-electron chi connectivity index (χ0n) is 34.3. The van der Waals surface area contributed by atoms with E-state index in [2.05, 4.69) is 75.8 Å². The van der Waals surface area contributed by atoms with Gasteiger partial charge in [0.15, 0.2) is 0 Å². The molecule has 1 unspecified atom stereocenters. The van der Waals surface area contributed by atoms with Crippen LogP contribution < -0.4 is 15.0 Å². The molecule has 0 aromatic heterocycles. The van der Waals surface area contributed by atoms with E-state index in [0.29, 0.717) is 54.5 Å². The lowest BCUT2D eigenvalue weighted by molar-refractivity contribution is -0.137. The second-order valence-corrected chi connectivity index (χ2v) is 18.0. The number of amides is 4. The lowest BCUT2D eigenvalue weighted by Gasteiger charge is -2.47. The number of likely N-dealkylation sites (tertiary alicyclic amines) is 1. The van der Waals surface area contributed by atoms with Crippen LogP contribution in [-0.2, 0) is 40.4 Å². The molecule has 60 heavy (non-hydrogen) atoms. The van der Waals surface area contributed by atoms with Gasteiger partial charge in [0, 0.05) is 54.4 Å². The van der Waals surface area contributed by atoms with Gasteiger partial charge >= 0.3 is 0 Å². The number of hydrogen-bond donors (Lipinski definition) is 2. The van der Waals surface area contributed by atoms with Crippen molar-refractivity contribution in [3.63, 3.8) is 0 Å². The number of nitrogens with one attached hydrogen (secondary N) is 1. The topological polar surface area (TPSA) is 123 Å². The first-order chi connectivity index (χ1) is 29.2. The number of aromatic hydroxyl groups is 1. The number of anilines is 1. The number of phenolic OH excluding ortho intramolecular Hbond substituents is 1. The number of aryl methyl sites for hydroxylation is 1. The Labute approximate surface area is 351 Å². The average molecular weight is 808 g/mol. The Morgan fingerprint density at radius 3 is 2.28 bits per heavy atom. The Morgan fingerprint density at radius 1 is 0.800 bits per heavy atom. The smallest absolute Gasteiger partial charge is 0.255 e. The summed E-state index contributed by atoms with van der Waals surface area (Å²) >= 11 is 0. The third kappa shape index (κ3) is 6.90. The summed E-state index contributed by atoms with van der Waals surface area (Å²) in [4.78, 5) is 59.9. The van der Waals surface area contributed by atoms with Gasteiger partial charge in [0.05, 0.1) is 26.7 Å². The molecule has 1 aliphatic carbocycles. The first kappa shape index (κ1) is 38.5. The zero-order chi connectivity index (χ0) is 41.1. The van der Waals surface area contributed by atoms with Gasteiger partial charge in [-0.15, -0.1) is 0 Å². The Balaban J connectivity index is 0.739. The van der Waals surface area contributed by atoms with E-state index in [1.54, 1.807) is 12.0 Å². The van der Waals surface area contributed by atoms with Crippen LogP contribution in [0.4, 0.5) is 5.69 Å². The first-order valence-corrected chi connectivity index (χ1v) is 21.7. The van der Waals surface area contributed by atoms with Crippen molar-refractivity contribution in [2.75, 3.05) is 44.7 Å². The molecule has 0 radical (unpaired) electrons. The van der Waals surface area contributed by atoms with Crippen LogP contribution in [-0.4, -0.2) is 89.3 Å². The molecule has 3 saturated heterocycles. The van der Waals surface area contributed by atoms with Crippen molar-refractivity contribution in [1.29, 1.82) is 0 Å². The number of rotatable bonds is 7. The lowest BCUT2D eigenvalue weighted by atomic mass is 9.69. The Morgan fingerprint density at radius 2 is 1.55 bits per heavy atom. The molecule has 0 bridgehead atoms. The predicted octanol–water partition coefficient (Wildman–Crippen LogP) is 6.25. The van der Waals surface area contributed by atoms with Crippen LogP contribution in [0.3, 0.4) is 0 Å². The Kier molecular flexibility index (Phi) is 9.89. The van der Waals surface area contributed by atoms with Crippen molar-refractivity contribution in [3.05, 3.63) is 123 Å². The van der Waals surface area contributed by atoms with Gasteiger partial charge < -0.3 is 24.5 Å². The van der Waals surface area contributed by atoms with Crippen LogP contribution in [0.1, 0.15) is 106 Å². The number of phenols is 1. The van der Waals surface area contributed by atoms with Crippen molar-refractivity contribution in [2.45, 2.75) is 88.9 Å². The van der Waals surface area contributed by atoms with Crippen molar-refractivity contribution in [1.82, 2.24) is 20.0 Å². The third-order valence-electron chi connectivity index (χ3n) is 14.8. The van der Waals surface area contributed by atoms with Gasteiger partial charge in [0.25, 0.3) is 5.91 Å². The summed E-state index contributed by atoms with van der Waals surface area (Å²) in [5.74, 6) is 0.685. The Hall–Kier alpha value is -5.68. The van der Waals surface area contributed by atoms with Gasteiger partial charge in [-0.3, -0.25) is 29.4 Å². The van der Waals surface area contributed by atoms with Crippen LogP contribution in [0.5, 0.6) is 11.5 Å². The molecule has 310 valence electrons. The number of carbonyl (C=O) groups is 4. The number of ether oxygens (including phenoxy) is 1. The summed E-state index contributed by atoms with van der Waals surface area (Å²) in [6.45, 7) is 5.35. The fourth-order valence-corrected chi connectivity index (χ4v) is 11.4. The van der Waals surface area contributed by atoms with E-state index in [1.807, 2.05) is 23.1 Å². The fourth-order valence-electron chi connectivity index (χ4n) is 11.4. The van der Waals surface area contributed by atoms with E-state index in [4.69, 9.17) is 4.74 Å². The summed E-state index contributed by atoms with van der Waals surface area (Å²) in [5, 5.41) is 12.6. The second kappa shape index (κ2) is 15.4. The average Bonchev–Trinajstić information content (AvgIpc) is 3.84. The molecule has 0 saturated carbocycles. The maximum Gasteiger partial charge on any atom is 0.255 e. The molecule has 5 heterocycles.